The number of carbonyl (C=O) groups excluding carboxylic acids is 2. The van der Waals surface area contributed by atoms with E-state index in [-0.39, 0.29) is 19.4 Å². The molecule has 0 aliphatic heterocycles. The average molecular weight is 284 g/mol. The van der Waals surface area contributed by atoms with Gasteiger partial charge in [0.2, 0.25) is 5.91 Å². The van der Waals surface area contributed by atoms with Crippen LogP contribution in [0, 0.1) is 0 Å². The molecule has 0 atom stereocenters. The van der Waals surface area contributed by atoms with Crippen LogP contribution in [-0.2, 0) is 14.3 Å². The zero-order chi connectivity index (χ0) is 15.3. The zero-order valence-corrected chi connectivity index (χ0v) is 11.2. The molecule has 2 N–H and O–H groups in total. The number of nitrogens with two attached hydrogens (primary N) is 1. The smallest absolute Gasteiger partial charge is 0.406 e. The van der Waals surface area contributed by atoms with E-state index >= 15 is 0 Å². The fourth-order valence-electron chi connectivity index (χ4n) is 1.34. The molecule has 5 nitrogen and oxygen atoms in total. The summed E-state index contributed by atoms with van der Waals surface area (Å²) >= 11 is 0. The van der Waals surface area contributed by atoms with Gasteiger partial charge in [-0.1, -0.05) is 0 Å². The summed E-state index contributed by atoms with van der Waals surface area (Å²) in [6, 6.07) is 0. The van der Waals surface area contributed by atoms with E-state index in [2.05, 4.69) is 4.74 Å². The van der Waals surface area contributed by atoms with E-state index in [0.717, 1.165) is 7.11 Å². The van der Waals surface area contributed by atoms with Crippen LogP contribution in [0.15, 0.2) is 0 Å². The van der Waals surface area contributed by atoms with Crippen molar-refractivity contribution in [1.82, 2.24) is 4.90 Å². The Labute approximate surface area is 109 Å². The van der Waals surface area contributed by atoms with Crippen LogP contribution in [0.1, 0.15) is 26.7 Å². The number of ether oxygens (including phenoxy) is 1. The molecular weight excluding hydrogens is 265 g/mol. The number of hydrogen-bond donors (Lipinski definition) is 1. The van der Waals surface area contributed by atoms with Gasteiger partial charge >= 0.3 is 12.1 Å². The van der Waals surface area contributed by atoms with Crippen LogP contribution in [-0.4, -0.2) is 48.7 Å². The lowest BCUT2D eigenvalue weighted by atomic mass is 10.0. The molecule has 8 heteroatoms. The van der Waals surface area contributed by atoms with Gasteiger partial charge in [-0.3, -0.25) is 9.59 Å². The number of alkyl halides is 3. The maximum absolute atomic E-state index is 12.4. The van der Waals surface area contributed by atoms with Crippen molar-refractivity contribution in [1.29, 1.82) is 0 Å². The first kappa shape index (κ1) is 17.7. The summed E-state index contributed by atoms with van der Waals surface area (Å²) in [5, 5.41) is 0. The second-order valence-electron chi connectivity index (χ2n) is 4.92. The topological polar surface area (TPSA) is 72.6 Å². The van der Waals surface area contributed by atoms with Crippen LogP contribution in [0.5, 0.6) is 0 Å². The van der Waals surface area contributed by atoms with Crippen molar-refractivity contribution in [2.45, 2.75) is 38.4 Å². The monoisotopic (exact) mass is 284 g/mol. The van der Waals surface area contributed by atoms with E-state index in [0.29, 0.717) is 4.90 Å². The van der Waals surface area contributed by atoms with Gasteiger partial charge in [-0.15, -0.1) is 0 Å². The Morgan fingerprint density at radius 2 is 1.79 bits per heavy atom. The standard InChI is InChI=1S/C11H19F3N2O3/c1-10(2,15)6-8(17)16(7-11(12,13)14)5-4-9(18)19-3/h4-7,15H2,1-3H3. The lowest BCUT2D eigenvalue weighted by Gasteiger charge is -2.27. The van der Waals surface area contributed by atoms with Crippen molar-refractivity contribution in [2.75, 3.05) is 20.2 Å². The minimum Gasteiger partial charge on any atom is -0.469 e. The molecule has 0 aromatic heterocycles. The van der Waals surface area contributed by atoms with Crippen LogP contribution in [0.3, 0.4) is 0 Å². The number of halogens is 3. The fourth-order valence-corrected chi connectivity index (χ4v) is 1.34. The minimum absolute atomic E-state index is 0.232. The van der Waals surface area contributed by atoms with E-state index in [1.807, 2.05) is 0 Å². The fraction of sp³-hybridized carbons (Fsp3) is 0.818. The highest BCUT2D eigenvalue weighted by Gasteiger charge is 2.34. The van der Waals surface area contributed by atoms with Crippen molar-refractivity contribution in [3.63, 3.8) is 0 Å². The molecule has 112 valence electrons. The Bertz CT molecular complexity index is 324. The number of esters is 1. The molecule has 0 fully saturated rings. The Balaban J connectivity index is 4.66. The summed E-state index contributed by atoms with van der Waals surface area (Å²) in [6.07, 6.45) is -5.04. The van der Waals surface area contributed by atoms with Crippen LogP contribution in [0.25, 0.3) is 0 Å². The molecule has 0 aromatic rings. The lowest BCUT2D eigenvalue weighted by molar-refractivity contribution is -0.163. The third-order valence-electron chi connectivity index (χ3n) is 2.14. The van der Waals surface area contributed by atoms with Crippen LogP contribution < -0.4 is 5.73 Å². The summed E-state index contributed by atoms with van der Waals surface area (Å²) in [6.45, 7) is 1.33. The Morgan fingerprint density at radius 1 is 1.26 bits per heavy atom. The Kier molecular flexibility index (Phi) is 6.28. The van der Waals surface area contributed by atoms with Crippen molar-refractivity contribution in [3.05, 3.63) is 0 Å². The number of amides is 1. The molecule has 0 heterocycles. The number of methoxy groups -OCH3 is 1. The SMILES string of the molecule is COC(=O)CCN(CC(F)(F)F)C(=O)CC(C)(C)N. The molecule has 0 aromatic carbocycles. The first-order valence-electron chi connectivity index (χ1n) is 5.65. The molecule has 19 heavy (non-hydrogen) atoms. The molecule has 0 saturated carbocycles. The van der Waals surface area contributed by atoms with E-state index in [1.165, 1.54) is 13.8 Å². The lowest BCUT2D eigenvalue weighted by Crippen LogP contribution is -2.45. The summed E-state index contributed by atoms with van der Waals surface area (Å²) < 4.78 is 41.4. The molecule has 0 spiro atoms. The molecule has 1 amide bonds. The first-order valence-corrected chi connectivity index (χ1v) is 5.65. The van der Waals surface area contributed by atoms with Crippen LogP contribution in [0.4, 0.5) is 13.2 Å². The predicted molar refractivity (Wildman–Crippen MR) is 62.2 cm³/mol. The van der Waals surface area contributed by atoms with E-state index < -0.39 is 30.1 Å². The van der Waals surface area contributed by atoms with Crippen LogP contribution in [0.2, 0.25) is 0 Å². The van der Waals surface area contributed by atoms with Crippen molar-refractivity contribution < 1.29 is 27.5 Å². The van der Waals surface area contributed by atoms with Crippen LogP contribution >= 0.6 is 0 Å². The summed E-state index contributed by atoms with van der Waals surface area (Å²) in [4.78, 5) is 23.2. The average Bonchev–Trinajstić information content (AvgIpc) is 2.19. The van der Waals surface area contributed by atoms with Gasteiger partial charge in [-0.25, -0.2) is 0 Å². The summed E-state index contributed by atoms with van der Waals surface area (Å²) in [5.41, 5.74) is 4.69. The number of rotatable bonds is 6. The summed E-state index contributed by atoms with van der Waals surface area (Å²) in [5.74, 6) is -1.42. The molecule has 0 unspecified atom stereocenters. The van der Waals surface area contributed by atoms with Gasteiger partial charge < -0.3 is 15.4 Å². The quantitative estimate of drug-likeness (QED) is 0.740. The number of carbonyl (C=O) groups is 2. The maximum Gasteiger partial charge on any atom is 0.406 e. The number of nitrogens with zero attached hydrogens (tertiary/aromatic N) is 1. The van der Waals surface area contributed by atoms with Crippen molar-refractivity contribution in [3.8, 4) is 0 Å². The Morgan fingerprint density at radius 3 is 2.16 bits per heavy atom. The normalized spacial score (nSPS) is 12.2. The van der Waals surface area contributed by atoms with Gasteiger partial charge in [0.25, 0.3) is 0 Å². The Hall–Kier alpha value is -1.31. The molecule has 0 radical (unpaired) electrons. The van der Waals surface area contributed by atoms with Gasteiger partial charge in [-0.05, 0) is 13.8 Å². The molecular formula is C11H19F3N2O3. The number of hydrogen-bond acceptors (Lipinski definition) is 4. The van der Waals surface area contributed by atoms with Gasteiger partial charge in [-0.2, -0.15) is 13.2 Å². The largest absolute Gasteiger partial charge is 0.469 e. The molecule has 0 saturated heterocycles. The maximum atomic E-state index is 12.4. The van der Waals surface area contributed by atoms with E-state index in [9.17, 15) is 22.8 Å². The highest BCUT2D eigenvalue weighted by molar-refractivity contribution is 5.78. The first-order chi connectivity index (χ1) is 8.44. The van der Waals surface area contributed by atoms with Gasteiger partial charge in [0, 0.05) is 18.5 Å². The minimum atomic E-state index is -4.52. The van der Waals surface area contributed by atoms with Gasteiger partial charge in [0.1, 0.15) is 6.54 Å². The third-order valence-corrected chi connectivity index (χ3v) is 2.14. The van der Waals surface area contributed by atoms with Crippen molar-refractivity contribution >= 4 is 11.9 Å². The highest BCUT2D eigenvalue weighted by Crippen LogP contribution is 2.18. The summed E-state index contributed by atoms with van der Waals surface area (Å²) in [7, 11) is 1.13. The van der Waals surface area contributed by atoms with Gasteiger partial charge in [0.05, 0.1) is 13.5 Å². The molecule has 0 aliphatic carbocycles. The highest BCUT2D eigenvalue weighted by atomic mass is 19.4. The van der Waals surface area contributed by atoms with E-state index in [4.69, 9.17) is 5.73 Å². The molecule has 0 rings (SSSR count). The van der Waals surface area contributed by atoms with Gasteiger partial charge in [0.15, 0.2) is 0 Å². The zero-order valence-electron chi connectivity index (χ0n) is 11.2. The van der Waals surface area contributed by atoms with Crippen molar-refractivity contribution in [2.24, 2.45) is 5.73 Å². The van der Waals surface area contributed by atoms with E-state index in [1.54, 1.807) is 0 Å². The predicted octanol–water partition coefficient (Wildman–Crippen LogP) is 1.07. The second kappa shape index (κ2) is 6.74. The third kappa shape index (κ3) is 9.29. The second-order valence-corrected chi connectivity index (χ2v) is 4.92. The molecule has 0 aliphatic rings. The molecule has 0 bridgehead atoms.